The van der Waals surface area contributed by atoms with Gasteiger partial charge in [-0.2, -0.15) is 0 Å². The molecule has 0 spiro atoms. The summed E-state index contributed by atoms with van der Waals surface area (Å²) >= 11 is 1.80. The molecule has 2 heterocycles. The van der Waals surface area contributed by atoms with E-state index in [1.54, 1.807) is 11.3 Å². The Morgan fingerprint density at radius 1 is 1.29 bits per heavy atom. The molecule has 0 aliphatic carbocycles. The van der Waals surface area contributed by atoms with Gasteiger partial charge in [-0.15, -0.1) is 11.3 Å². The molecule has 0 saturated carbocycles. The van der Waals surface area contributed by atoms with Crippen molar-refractivity contribution in [3.05, 3.63) is 21.9 Å². The van der Waals surface area contributed by atoms with Gasteiger partial charge in [0.15, 0.2) is 0 Å². The first-order valence-corrected chi connectivity index (χ1v) is 5.99. The van der Waals surface area contributed by atoms with Crippen LogP contribution in [0.3, 0.4) is 0 Å². The molecule has 78 valence electrons. The van der Waals surface area contributed by atoms with Crippen molar-refractivity contribution >= 4 is 11.3 Å². The second kappa shape index (κ2) is 4.01. The summed E-state index contributed by atoms with van der Waals surface area (Å²) in [6, 6.07) is 4.31. The summed E-state index contributed by atoms with van der Waals surface area (Å²) in [4.78, 5) is 2.61. The molecule has 0 unspecified atom stereocenters. The van der Waals surface area contributed by atoms with E-state index in [0.29, 0.717) is 13.2 Å². The van der Waals surface area contributed by atoms with Crippen LogP contribution >= 0.6 is 11.3 Å². The molecular weight excluding hydrogens is 196 g/mol. The van der Waals surface area contributed by atoms with Crippen LogP contribution in [0.25, 0.3) is 0 Å². The number of hydrogen-bond donors (Lipinski definition) is 0. The van der Waals surface area contributed by atoms with Crippen LogP contribution in [0.1, 0.15) is 30.0 Å². The Hall–Kier alpha value is -0.380. The lowest BCUT2D eigenvalue weighted by atomic mass is 10.2. The average Bonchev–Trinajstić information content (AvgIpc) is 2.87. The maximum absolute atomic E-state index is 5.72. The van der Waals surface area contributed by atoms with E-state index in [1.165, 1.54) is 9.75 Å². The molecule has 1 fully saturated rings. The molecule has 0 aromatic carbocycles. The first-order valence-electron chi connectivity index (χ1n) is 5.18. The predicted octanol–water partition coefficient (Wildman–Crippen LogP) is 2.92. The number of ether oxygens (including phenoxy) is 2. The van der Waals surface area contributed by atoms with E-state index in [4.69, 9.17) is 9.47 Å². The fourth-order valence-electron chi connectivity index (χ4n) is 1.75. The zero-order chi connectivity index (χ0) is 10.0. The highest BCUT2D eigenvalue weighted by atomic mass is 32.1. The predicted molar refractivity (Wildman–Crippen MR) is 57.6 cm³/mol. The summed E-state index contributed by atoms with van der Waals surface area (Å²) in [5, 5.41) is 0. The summed E-state index contributed by atoms with van der Waals surface area (Å²) in [5.74, 6) is -0.432. The first-order chi connectivity index (χ1) is 6.80. The summed E-state index contributed by atoms with van der Waals surface area (Å²) in [6.07, 6.45) is 1.97. The molecule has 1 aliphatic rings. The van der Waals surface area contributed by atoms with Gasteiger partial charge in [0.05, 0.1) is 18.1 Å². The molecule has 3 heteroatoms. The molecule has 2 nitrogen and oxygen atoms in total. The normalized spacial score (nSPS) is 20.1. The van der Waals surface area contributed by atoms with Gasteiger partial charge in [-0.1, -0.05) is 13.8 Å². The zero-order valence-electron chi connectivity index (χ0n) is 8.71. The fourth-order valence-corrected chi connectivity index (χ4v) is 2.86. The number of aryl methyl sites for hydroxylation is 1. The fraction of sp³-hybridized carbons (Fsp3) is 0.636. The lowest BCUT2D eigenvalue weighted by molar-refractivity contribution is -0.164. The van der Waals surface area contributed by atoms with Crippen molar-refractivity contribution in [1.82, 2.24) is 0 Å². The van der Waals surface area contributed by atoms with Crippen LogP contribution in [-0.4, -0.2) is 13.2 Å². The van der Waals surface area contributed by atoms with Crippen LogP contribution in [0.15, 0.2) is 12.1 Å². The Morgan fingerprint density at radius 3 is 2.50 bits per heavy atom. The van der Waals surface area contributed by atoms with Gasteiger partial charge in [0.2, 0.25) is 5.79 Å². The highest BCUT2D eigenvalue weighted by Gasteiger charge is 2.37. The van der Waals surface area contributed by atoms with Crippen molar-refractivity contribution in [3.63, 3.8) is 0 Å². The number of rotatable bonds is 3. The minimum atomic E-state index is -0.432. The minimum Gasteiger partial charge on any atom is -0.343 e. The van der Waals surface area contributed by atoms with Gasteiger partial charge < -0.3 is 9.47 Å². The van der Waals surface area contributed by atoms with E-state index in [0.717, 1.165) is 12.8 Å². The van der Waals surface area contributed by atoms with Gasteiger partial charge in [-0.25, -0.2) is 0 Å². The Balaban J connectivity index is 2.26. The van der Waals surface area contributed by atoms with Gasteiger partial charge in [0.25, 0.3) is 0 Å². The van der Waals surface area contributed by atoms with E-state index in [1.807, 2.05) is 0 Å². The second-order valence-electron chi connectivity index (χ2n) is 3.42. The first kappa shape index (κ1) is 10.1. The van der Waals surface area contributed by atoms with E-state index in [-0.39, 0.29) is 0 Å². The molecule has 0 bridgehead atoms. The standard InChI is InChI=1S/C11H16O2S/c1-3-9-5-6-10(14-9)11(4-2)12-7-8-13-11/h5-6H,3-4,7-8H2,1-2H3. The van der Waals surface area contributed by atoms with E-state index < -0.39 is 5.79 Å². The molecule has 1 aliphatic heterocycles. The van der Waals surface area contributed by atoms with Crippen LogP contribution in [0, 0.1) is 0 Å². The van der Waals surface area contributed by atoms with Gasteiger partial charge in [0.1, 0.15) is 0 Å². The molecular formula is C11H16O2S. The average molecular weight is 212 g/mol. The lowest BCUT2D eigenvalue weighted by Gasteiger charge is -2.24. The van der Waals surface area contributed by atoms with E-state index in [2.05, 4.69) is 26.0 Å². The van der Waals surface area contributed by atoms with Crippen molar-refractivity contribution in [3.8, 4) is 0 Å². The monoisotopic (exact) mass is 212 g/mol. The van der Waals surface area contributed by atoms with Gasteiger partial charge >= 0.3 is 0 Å². The molecule has 1 saturated heterocycles. The topological polar surface area (TPSA) is 18.5 Å². The van der Waals surface area contributed by atoms with Gasteiger partial charge in [-0.3, -0.25) is 0 Å². The zero-order valence-corrected chi connectivity index (χ0v) is 9.52. The number of thiophene rings is 1. The molecule has 1 aromatic heterocycles. The quantitative estimate of drug-likeness (QED) is 0.767. The highest BCUT2D eigenvalue weighted by Crippen LogP contribution is 2.38. The Kier molecular flexibility index (Phi) is 2.91. The Morgan fingerprint density at radius 2 is 2.00 bits per heavy atom. The number of hydrogen-bond acceptors (Lipinski definition) is 3. The Bertz CT molecular complexity index is 300. The SMILES string of the molecule is CCc1ccc(C2(CC)OCCO2)s1. The molecule has 1 aromatic rings. The second-order valence-corrected chi connectivity index (χ2v) is 4.59. The van der Waals surface area contributed by atoms with E-state index in [9.17, 15) is 0 Å². The molecule has 14 heavy (non-hydrogen) atoms. The molecule has 0 radical (unpaired) electrons. The summed E-state index contributed by atoms with van der Waals surface area (Å²) in [7, 11) is 0. The van der Waals surface area contributed by atoms with Crippen molar-refractivity contribution in [1.29, 1.82) is 0 Å². The van der Waals surface area contributed by atoms with Crippen molar-refractivity contribution < 1.29 is 9.47 Å². The van der Waals surface area contributed by atoms with Crippen molar-refractivity contribution in [2.24, 2.45) is 0 Å². The molecule has 2 rings (SSSR count). The smallest absolute Gasteiger partial charge is 0.204 e. The third-order valence-corrected chi connectivity index (χ3v) is 3.96. The summed E-state index contributed by atoms with van der Waals surface area (Å²) in [6.45, 7) is 5.71. The molecule has 0 amide bonds. The van der Waals surface area contributed by atoms with Crippen LogP contribution in [0.4, 0.5) is 0 Å². The van der Waals surface area contributed by atoms with Gasteiger partial charge in [-0.05, 0) is 18.6 Å². The van der Waals surface area contributed by atoms with Crippen LogP contribution < -0.4 is 0 Å². The van der Waals surface area contributed by atoms with E-state index >= 15 is 0 Å². The van der Waals surface area contributed by atoms with Gasteiger partial charge in [0, 0.05) is 11.3 Å². The maximum Gasteiger partial charge on any atom is 0.204 e. The molecule has 0 atom stereocenters. The van der Waals surface area contributed by atoms with Crippen molar-refractivity contribution in [2.75, 3.05) is 13.2 Å². The minimum absolute atomic E-state index is 0.432. The third kappa shape index (κ3) is 1.60. The Labute approximate surface area is 88.8 Å². The van der Waals surface area contributed by atoms with Crippen LogP contribution in [0.5, 0.6) is 0 Å². The van der Waals surface area contributed by atoms with Crippen LogP contribution in [0.2, 0.25) is 0 Å². The molecule has 0 N–H and O–H groups in total. The third-order valence-electron chi connectivity index (χ3n) is 2.60. The highest BCUT2D eigenvalue weighted by molar-refractivity contribution is 7.12. The van der Waals surface area contributed by atoms with Crippen LogP contribution in [-0.2, 0) is 21.7 Å². The summed E-state index contributed by atoms with van der Waals surface area (Å²) in [5.41, 5.74) is 0. The summed E-state index contributed by atoms with van der Waals surface area (Å²) < 4.78 is 11.4. The lowest BCUT2D eigenvalue weighted by Crippen LogP contribution is -2.24. The van der Waals surface area contributed by atoms with Crippen molar-refractivity contribution in [2.45, 2.75) is 32.5 Å². The maximum atomic E-state index is 5.72. The largest absolute Gasteiger partial charge is 0.343 e.